The number of hydrogen-bond acceptors (Lipinski definition) is 4. The minimum absolute atomic E-state index is 0.133. The fourth-order valence-electron chi connectivity index (χ4n) is 0.313. The van der Waals surface area contributed by atoms with Crippen LogP contribution in [0.3, 0.4) is 0 Å². The van der Waals surface area contributed by atoms with E-state index in [1.165, 1.54) is 6.92 Å². The van der Waals surface area contributed by atoms with Gasteiger partial charge in [0.2, 0.25) is 0 Å². The van der Waals surface area contributed by atoms with Gasteiger partial charge in [-0.25, -0.2) is 17.1 Å². The average Bonchev–Trinajstić information content (AvgIpc) is 1.84. The molecular formula is C4H8F2O4S. The third-order valence-electron chi connectivity index (χ3n) is 0.601. The standard InChI is InChI=1S/C4H8F2O4S/c1-2-9-11(7,8)10-3-4(5)6/h4H,2-3H2,1H3. The summed E-state index contributed by atoms with van der Waals surface area (Å²) < 4.78 is 51.2. The maximum absolute atomic E-state index is 11.4. The highest BCUT2D eigenvalue weighted by molar-refractivity contribution is 7.81. The lowest BCUT2D eigenvalue weighted by molar-refractivity contribution is 0.0739. The summed E-state index contributed by atoms with van der Waals surface area (Å²) in [6.45, 7) is 0.108. The Labute approximate surface area is 63.4 Å². The Balaban J connectivity index is 3.74. The van der Waals surface area contributed by atoms with Crippen LogP contribution >= 0.6 is 0 Å². The molecule has 0 fully saturated rings. The van der Waals surface area contributed by atoms with Gasteiger partial charge in [0.05, 0.1) is 6.61 Å². The molecule has 0 aliphatic carbocycles. The molecule has 0 rings (SSSR count). The van der Waals surface area contributed by atoms with Crippen molar-refractivity contribution in [2.45, 2.75) is 13.3 Å². The molecule has 0 unspecified atom stereocenters. The molecule has 68 valence electrons. The second-order valence-corrected chi connectivity index (χ2v) is 2.78. The second kappa shape index (κ2) is 4.58. The van der Waals surface area contributed by atoms with E-state index in [2.05, 4.69) is 8.37 Å². The first-order valence-corrected chi connectivity index (χ1v) is 4.13. The Hall–Kier alpha value is -0.270. The van der Waals surface area contributed by atoms with Crippen LogP contribution in [0, 0.1) is 0 Å². The van der Waals surface area contributed by atoms with E-state index in [1.807, 2.05) is 0 Å². The van der Waals surface area contributed by atoms with E-state index in [4.69, 9.17) is 0 Å². The molecule has 0 aromatic heterocycles. The van der Waals surface area contributed by atoms with E-state index >= 15 is 0 Å². The molecule has 0 spiro atoms. The third kappa shape index (κ3) is 6.14. The highest BCUT2D eigenvalue weighted by atomic mass is 32.3. The molecule has 0 bridgehead atoms. The van der Waals surface area contributed by atoms with Crippen molar-refractivity contribution in [3.05, 3.63) is 0 Å². The van der Waals surface area contributed by atoms with Crippen LogP contribution in [0.25, 0.3) is 0 Å². The predicted octanol–water partition coefficient (Wildman–Crippen LogP) is 0.549. The van der Waals surface area contributed by atoms with Gasteiger partial charge in [0.1, 0.15) is 6.61 Å². The average molecular weight is 190 g/mol. The van der Waals surface area contributed by atoms with Crippen LogP contribution in [-0.4, -0.2) is 28.1 Å². The van der Waals surface area contributed by atoms with Crippen molar-refractivity contribution in [2.24, 2.45) is 0 Å². The summed E-state index contributed by atoms with van der Waals surface area (Å²) in [4.78, 5) is 0. The van der Waals surface area contributed by atoms with Gasteiger partial charge in [0.25, 0.3) is 6.43 Å². The van der Waals surface area contributed by atoms with Gasteiger partial charge in [-0.1, -0.05) is 0 Å². The molecule has 0 atom stereocenters. The molecule has 0 aromatic rings. The highest BCUT2D eigenvalue weighted by Gasteiger charge is 2.13. The molecule has 0 aliphatic rings. The van der Waals surface area contributed by atoms with Gasteiger partial charge in [-0.2, -0.15) is 8.42 Å². The summed E-state index contributed by atoms with van der Waals surface area (Å²) in [5.41, 5.74) is 0. The van der Waals surface area contributed by atoms with Crippen LogP contribution in [0.5, 0.6) is 0 Å². The second-order valence-electron chi connectivity index (χ2n) is 1.49. The van der Waals surface area contributed by atoms with Crippen molar-refractivity contribution < 1.29 is 25.6 Å². The molecule has 0 N–H and O–H groups in total. The van der Waals surface area contributed by atoms with E-state index in [9.17, 15) is 17.2 Å². The molecule has 0 radical (unpaired) electrons. The van der Waals surface area contributed by atoms with Gasteiger partial charge >= 0.3 is 10.4 Å². The van der Waals surface area contributed by atoms with Crippen LogP contribution in [0.15, 0.2) is 0 Å². The number of alkyl halides is 2. The smallest absolute Gasteiger partial charge is 0.248 e. The van der Waals surface area contributed by atoms with Crippen LogP contribution in [0.2, 0.25) is 0 Å². The minimum atomic E-state index is -4.21. The van der Waals surface area contributed by atoms with Gasteiger partial charge in [0.15, 0.2) is 0 Å². The van der Waals surface area contributed by atoms with Crippen molar-refractivity contribution in [1.82, 2.24) is 0 Å². The van der Waals surface area contributed by atoms with Crippen LogP contribution < -0.4 is 0 Å². The van der Waals surface area contributed by atoms with Crippen LogP contribution in [-0.2, 0) is 18.8 Å². The number of hydrogen-bond donors (Lipinski definition) is 0. The molecule has 0 aliphatic heterocycles. The SMILES string of the molecule is CCOS(=O)(=O)OCC(F)F. The van der Waals surface area contributed by atoms with E-state index in [-0.39, 0.29) is 6.61 Å². The van der Waals surface area contributed by atoms with Crippen molar-refractivity contribution in [2.75, 3.05) is 13.2 Å². The van der Waals surface area contributed by atoms with Gasteiger partial charge in [-0.3, -0.25) is 0 Å². The van der Waals surface area contributed by atoms with Gasteiger partial charge < -0.3 is 0 Å². The Morgan fingerprint density at radius 3 is 2.27 bits per heavy atom. The molecule has 0 saturated heterocycles. The van der Waals surface area contributed by atoms with Crippen LogP contribution in [0.1, 0.15) is 6.92 Å². The monoisotopic (exact) mass is 190 g/mol. The Kier molecular flexibility index (Phi) is 4.46. The predicted molar refractivity (Wildman–Crippen MR) is 32.5 cm³/mol. The summed E-state index contributed by atoms with van der Waals surface area (Å²) in [6, 6.07) is 0. The molecule has 7 heteroatoms. The lowest BCUT2D eigenvalue weighted by Gasteiger charge is -2.02. The first kappa shape index (κ1) is 10.7. The zero-order valence-electron chi connectivity index (χ0n) is 5.79. The highest BCUT2D eigenvalue weighted by Crippen LogP contribution is 1.99. The largest absolute Gasteiger partial charge is 0.400 e. The quantitative estimate of drug-likeness (QED) is 0.635. The summed E-state index contributed by atoms with van der Waals surface area (Å²) in [5, 5.41) is 0. The van der Waals surface area contributed by atoms with Gasteiger partial charge in [0, 0.05) is 0 Å². The van der Waals surface area contributed by atoms with Gasteiger partial charge in [-0.15, -0.1) is 0 Å². The molecule has 0 saturated carbocycles. The van der Waals surface area contributed by atoms with Crippen molar-refractivity contribution in [3.63, 3.8) is 0 Å². The van der Waals surface area contributed by atoms with Crippen LogP contribution in [0.4, 0.5) is 8.78 Å². The molecule has 4 nitrogen and oxygen atoms in total. The van der Waals surface area contributed by atoms with E-state index in [1.54, 1.807) is 0 Å². The zero-order chi connectivity index (χ0) is 8.91. The zero-order valence-corrected chi connectivity index (χ0v) is 6.61. The molecule has 0 aromatic carbocycles. The minimum Gasteiger partial charge on any atom is -0.248 e. The lowest BCUT2D eigenvalue weighted by atomic mass is 10.8. The molecule has 11 heavy (non-hydrogen) atoms. The Bertz CT molecular complexity index is 188. The maximum Gasteiger partial charge on any atom is 0.400 e. The fraction of sp³-hybridized carbons (Fsp3) is 1.00. The molecule has 0 amide bonds. The summed E-state index contributed by atoms with van der Waals surface area (Å²) in [7, 11) is -4.21. The normalized spacial score (nSPS) is 12.4. The summed E-state index contributed by atoms with van der Waals surface area (Å²) >= 11 is 0. The van der Waals surface area contributed by atoms with Crippen molar-refractivity contribution in [3.8, 4) is 0 Å². The Morgan fingerprint density at radius 1 is 1.36 bits per heavy atom. The first-order valence-electron chi connectivity index (χ1n) is 2.80. The topological polar surface area (TPSA) is 52.6 Å². The van der Waals surface area contributed by atoms with E-state index in [0.717, 1.165) is 0 Å². The number of rotatable bonds is 5. The third-order valence-corrected chi connectivity index (χ3v) is 1.55. The van der Waals surface area contributed by atoms with Crippen molar-refractivity contribution >= 4 is 10.4 Å². The fourth-order valence-corrected chi connectivity index (χ4v) is 0.939. The maximum atomic E-state index is 11.4. The molecular weight excluding hydrogens is 182 g/mol. The summed E-state index contributed by atoms with van der Waals surface area (Å²) in [5.74, 6) is 0. The van der Waals surface area contributed by atoms with E-state index < -0.39 is 23.4 Å². The lowest BCUT2D eigenvalue weighted by Crippen LogP contribution is -2.14. The number of halogens is 2. The Morgan fingerprint density at radius 2 is 1.91 bits per heavy atom. The summed E-state index contributed by atoms with van der Waals surface area (Å²) in [6.07, 6.45) is -2.81. The van der Waals surface area contributed by atoms with Crippen molar-refractivity contribution in [1.29, 1.82) is 0 Å². The van der Waals surface area contributed by atoms with Gasteiger partial charge in [-0.05, 0) is 6.92 Å². The van der Waals surface area contributed by atoms with E-state index in [0.29, 0.717) is 0 Å². The molecule has 0 heterocycles. The first-order chi connectivity index (χ1) is 4.98.